The van der Waals surface area contributed by atoms with Gasteiger partial charge in [0.05, 0.1) is 12.7 Å². The number of likely N-dealkylation sites (tertiary alicyclic amines) is 1. The number of ether oxygens (including phenoxy) is 2. The Balaban J connectivity index is 1.11. The number of rotatable bonds is 9. The van der Waals surface area contributed by atoms with Gasteiger partial charge in [-0.3, -0.25) is 9.69 Å². The summed E-state index contributed by atoms with van der Waals surface area (Å²) >= 11 is 0. The van der Waals surface area contributed by atoms with Crippen molar-refractivity contribution in [1.82, 2.24) is 4.90 Å². The molecule has 0 radical (unpaired) electrons. The fourth-order valence-electron chi connectivity index (χ4n) is 5.96. The van der Waals surface area contributed by atoms with E-state index in [1.54, 1.807) is 0 Å². The Labute approximate surface area is 237 Å². The SMILES string of the molecule is CC(C)[C@@H]1C[C@H](c2ccc(F)cc2)CO[C@H]1c1ccc(OCC(=O)Nc2ccc(CN3CCCCC3)cc2)cc1. The molecule has 6 heteroatoms. The van der Waals surface area contributed by atoms with Gasteiger partial charge in [0, 0.05) is 18.2 Å². The third-order valence-corrected chi connectivity index (χ3v) is 8.29. The van der Waals surface area contributed by atoms with Crippen LogP contribution in [0.1, 0.15) is 68.2 Å². The Hall–Kier alpha value is -3.22. The molecule has 0 saturated carbocycles. The summed E-state index contributed by atoms with van der Waals surface area (Å²) in [6.07, 6.45) is 4.88. The molecular formula is C34H41FN2O3. The predicted molar refractivity (Wildman–Crippen MR) is 157 cm³/mol. The van der Waals surface area contributed by atoms with Gasteiger partial charge in [-0.05, 0) is 97.3 Å². The maximum absolute atomic E-state index is 13.4. The largest absolute Gasteiger partial charge is 0.484 e. The molecule has 3 atom stereocenters. The van der Waals surface area contributed by atoms with E-state index in [0.717, 1.165) is 29.8 Å². The molecule has 2 saturated heterocycles. The van der Waals surface area contributed by atoms with Crippen molar-refractivity contribution in [2.75, 3.05) is 31.6 Å². The van der Waals surface area contributed by atoms with E-state index in [-0.39, 0.29) is 30.4 Å². The molecule has 0 bridgehead atoms. The lowest BCUT2D eigenvalue weighted by Gasteiger charge is -2.39. The lowest BCUT2D eigenvalue weighted by Crippen LogP contribution is -2.31. The highest BCUT2D eigenvalue weighted by Crippen LogP contribution is 2.43. The van der Waals surface area contributed by atoms with Crippen LogP contribution in [0, 0.1) is 17.7 Å². The first kappa shape index (κ1) is 28.3. The fraction of sp³-hybridized carbons (Fsp3) is 0.441. The highest BCUT2D eigenvalue weighted by molar-refractivity contribution is 5.91. The molecule has 2 fully saturated rings. The van der Waals surface area contributed by atoms with Crippen molar-refractivity contribution in [3.63, 3.8) is 0 Å². The Morgan fingerprint density at radius 3 is 2.30 bits per heavy atom. The first-order valence-corrected chi connectivity index (χ1v) is 14.7. The number of nitrogens with one attached hydrogen (secondary N) is 1. The lowest BCUT2D eigenvalue weighted by atomic mass is 9.76. The third-order valence-electron chi connectivity index (χ3n) is 8.29. The first-order chi connectivity index (χ1) is 19.4. The molecule has 212 valence electrons. The highest BCUT2D eigenvalue weighted by atomic mass is 19.1. The molecule has 0 unspecified atom stereocenters. The van der Waals surface area contributed by atoms with Gasteiger partial charge < -0.3 is 14.8 Å². The maximum Gasteiger partial charge on any atom is 0.262 e. The van der Waals surface area contributed by atoms with Crippen LogP contribution < -0.4 is 10.1 Å². The van der Waals surface area contributed by atoms with Gasteiger partial charge >= 0.3 is 0 Å². The van der Waals surface area contributed by atoms with Crippen molar-refractivity contribution in [2.45, 2.75) is 58.1 Å². The average molecular weight is 545 g/mol. The third kappa shape index (κ3) is 7.49. The summed E-state index contributed by atoms with van der Waals surface area (Å²) in [5.74, 6) is 1.29. The van der Waals surface area contributed by atoms with Crippen molar-refractivity contribution >= 4 is 11.6 Å². The molecule has 1 amide bonds. The van der Waals surface area contributed by atoms with E-state index < -0.39 is 0 Å². The zero-order valence-corrected chi connectivity index (χ0v) is 23.7. The topological polar surface area (TPSA) is 50.8 Å². The number of anilines is 1. The van der Waals surface area contributed by atoms with Crippen molar-refractivity contribution in [3.8, 4) is 5.75 Å². The number of carbonyl (C=O) groups is 1. The number of hydrogen-bond acceptors (Lipinski definition) is 4. The van der Waals surface area contributed by atoms with E-state index in [9.17, 15) is 9.18 Å². The smallest absolute Gasteiger partial charge is 0.262 e. The summed E-state index contributed by atoms with van der Waals surface area (Å²) < 4.78 is 25.6. The second kappa shape index (κ2) is 13.4. The molecule has 0 spiro atoms. The number of hydrogen-bond donors (Lipinski definition) is 1. The lowest BCUT2D eigenvalue weighted by molar-refractivity contribution is -0.118. The summed E-state index contributed by atoms with van der Waals surface area (Å²) in [5.41, 5.74) is 4.28. The Kier molecular flexibility index (Phi) is 9.50. The Morgan fingerprint density at radius 2 is 1.62 bits per heavy atom. The number of nitrogens with zero attached hydrogens (tertiary/aromatic N) is 1. The van der Waals surface area contributed by atoms with Crippen molar-refractivity contribution < 1.29 is 18.7 Å². The second-order valence-corrected chi connectivity index (χ2v) is 11.6. The average Bonchev–Trinajstić information content (AvgIpc) is 2.98. The zero-order valence-electron chi connectivity index (χ0n) is 23.7. The van der Waals surface area contributed by atoms with E-state index in [0.29, 0.717) is 24.2 Å². The van der Waals surface area contributed by atoms with Gasteiger partial charge in [-0.2, -0.15) is 0 Å². The molecule has 0 aliphatic carbocycles. The van der Waals surface area contributed by atoms with E-state index in [1.165, 1.54) is 50.0 Å². The Bertz CT molecular complexity index is 1220. The van der Waals surface area contributed by atoms with Crippen LogP contribution in [0.5, 0.6) is 5.75 Å². The molecule has 2 heterocycles. The number of benzene rings is 3. The molecule has 0 aromatic heterocycles. The van der Waals surface area contributed by atoms with Crippen molar-refractivity contribution in [3.05, 3.63) is 95.3 Å². The molecule has 3 aromatic rings. The van der Waals surface area contributed by atoms with Crippen LogP contribution in [0.2, 0.25) is 0 Å². The fourth-order valence-corrected chi connectivity index (χ4v) is 5.96. The van der Waals surface area contributed by atoms with E-state index >= 15 is 0 Å². The highest BCUT2D eigenvalue weighted by Gasteiger charge is 2.35. The summed E-state index contributed by atoms with van der Waals surface area (Å²) in [5, 5.41) is 2.93. The van der Waals surface area contributed by atoms with Crippen LogP contribution >= 0.6 is 0 Å². The van der Waals surface area contributed by atoms with E-state index in [4.69, 9.17) is 9.47 Å². The van der Waals surface area contributed by atoms with Crippen LogP contribution in [0.3, 0.4) is 0 Å². The number of amides is 1. The van der Waals surface area contributed by atoms with Gasteiger partial charge in [-0.1, -0.05) is 56.7 Å². The minimum Gasteiger partial charge on any atom is -0.484 e. The van der Waals surface area contributed by atoms with Gasteiger partial charge in [-0.25, -0.2) is 4.39 Å². The van der Waals surface area contributed by atoms with Crippen LogP contribution in [0.25, 0.3) is 0 Å². The van der Waals surface area contributed by atoms with E-state index in [2.05, 4.69) is 36.2 Å². The van der Waals surface area contributed by atoms with Gasteiger partial charge in [-0.15, -0.1) is 0 Å². The van der Waals surface area contributed by atoms with Crippen molar-refractivity contribution in [2.24, 2.45) is 11.8 Å². The molecule has 2 aliphatic rings. The molecule has 2 aliphatic heterocycles. The van der Waals surface area contributed by atoms with Crippen LogP contribution in [0.4, 0.5) is 10.1 Å². The standard InChI is InChI=1S/C34H41FN2O3/c1-24(2)32-20-28(26-8-12-29(35)13-9-26)22-40-34(32)27-10-16-31(17-11-27)39-23-33(38)36-30-14-6-25(7-15-30)21-37-18-4-3-5-19-37/h6-17,24,28,32,34H,3-5,18-23H2,1-2H3,(H,36,38)/t28-,32-,34-/m0/s1. The first-order valence-electron chi connectivity index (χ1n) is 14.7. The zero-order chi connectivity index (χ0) is 27.9. The van der Waals surface area contributed by atoms with Gasteiger partial charge in [0.1, 0.15) is 11.6 Å². The molecule has 3 aromatic carbocycles. The number of carbonyl (C=O) groups excluding carboxylic acids is 1. The molecule has 1 N–H and O–H groups in total. The minimum atomic E-state index is -0.212. The maximum atomic E-state index is 13.4. The van der Waals surface area contributed by atoms with Crippen LogP contribution in [0.15, 0.2) is 72.8 Å². The normalized spacial score (nSPS) is 21.8. The molecular weight excluding hydrogens is 503 g/mol. The monoisotopic (exact) mass is 544 g/mol. The molecule has 5 rings (SSSR count). The molecule has 5 nitrogen and oxygen atoms in total. The second-order valence-electron chi connectivity index (χ2n) is 11.6. The van der Waals surface area contributed by atoms with Crippen molar-refractivity contribution in [1.29, 1.82) is 0 Å². The number of halogens is 1. The summed E-state index contributed by atoms with van der Waals surface area (Å²) in [7, 11) is 0. The van der Waals surface area contributed by atoms with Gasteiger partial charge in [0.25, 0.3) is 5.91 Å². The summed E-state index contributed by atoms with van der Waals surface area (Å²) in [6.45, 7) is 8.31. The summed E-state index contributed by atoms with van der Waals surface area (Å²) in [6, 6.07) is 22.8. The van der Waals surface area contributed by atoms with Gasteiger partial charge in [0.2, 0.25) is 0 Å². The van der Waals surface area contributed by atoms with E-state index in [1.807, 2.05) is 48.5 Å². The summed E-state index contributed by atoms with van der Waals surface area (Å²) in [4.78, 5) is 15.0. The quantitative estimate of drug-likeness (QED) is 0.306. The number of piperidine rings is 1. The van der Waals surface area contributed by atoms with Gasteiger partial charge in [0.15, 0.2) is 6.61 Å². The predicted octanol–water partition coefficient (Wildman–Crippen LogP) is 7.35. The van der Waals surface area contributed by atoms with Crippen LogP contribution in [-0.2, 0) is 16.1 Å². The Morgan fingerprint density at radius 1 is 0.950 bits per heavy atom. The van der Waals surface area contributed by atoms with Crippen LogP contribution in [-0.4, -0.2) is 37.1 Å². The minimum absolute atomic E-state index is 0.00747. The molecule has 40 heavy (non-hydrogen) atoms.